The number of carboxylic acids is 1. The largest absolute Gasteiger partial charge is 0.480 e. The topological polar surface area (TPSA) is 92.4 Å². The summed E-state index contributed by atoms with van der Waals surface area (Å²) in [4.78, 5) is 22.4. The van der Waals surface area contributed by atoms with E-state index in [0.29, 0.717) is 0 Å². The van der Waals surface area contributed by atoms with Crippen molar-refractivity contribution in [1.82, 2.24) is 5.32 Å². The molecular weight excluding hydrogens is 227 g/mol. The number of carbonyl (C=O) groups excluding carboxylic acids is 1. The lowest BCUT2D eigenvalue weighted by atomic mass is 10.1. The van der Waals surface area contributed by atoms with E-state index in [0.717, 1.165) is 6.07 Å². The van der Waals surface area contributed by atoms with Crippen LogP contribution in [-0.2, 0) is 4.79 Å². The zero-order chi connectivity index (χ0) is 13.2. The molecule has 1 aromatic rings. The summed E-state index contributed by atoms with van der Waals surface area (Å²) < 4.78 is 13.1. The molecule has 0 radical (unpaired) electrons. The number of amides is 1. The van der Waals surface area contributed by atoms with Crippen LogP contribution in [0.15, 0.2) is 18.2 Å². The number of nitrogens with one attached hydrogen (secondary N) is 1. The molecule has 17 heavy (non-hydrogen) atoms. The van der Waals surface area contributed by atoms with Crippen molar-refractivity contribution in [2.75, 3.05) is 5.73 Å². The summed E-state index contributed by atoms with van der Waals surface area (Å²) >= 11 is 0. The Morgan fingerprint density at radius 2 is 2.00 bits per heavy atom. The fourth-order valence-corrected chi connectivity index (χ4v) is 1.08. The molecule has 6 heteroatoms. The van der Waals surface area contributed by atoms with Crippen molar-refractivity contribution in [1.29, 1.82) is 0 Å². The Hall–Kier alpha value is -2.11. The Balaban J connectivity index is 2.91. The summed E-state index contributed by atoms with van der Waals surface area (Å²) in [7, 11) is 0. The van der Waals surface area contributed by atoms with Gasteiger partial charge in [-0.05, 0) is 32.0 Å². The highest BCUT2D eigenvalue weighted by Crippen LogP contribution is 2.13. The molecule has 0 aromatic heterocycles. The van der Waals surface area contributed by atoms with Crippen molar-refractivity contribution in [2.24, 2.45) is 0 Å². The maximum Gasteiger partial charge on any atom is 0.328 e. The zero-order valence-corrected chi connectivity index (χ0v) is 9.45. The molecule has 1 rings (SSSR count). The number of halogens is 1. The molecule has 0 saturated carbocycles. The molecule has 92 valence electrons. The maximum absolute atomic E-state index is 13.1. The normalized spacial score (nSPS) is 11.0. The number of aliphatic carboxylic acids is 1. The van der Waals surface area contributed by atoms with Crippen molar-refractivity contribution in [2.45, 2.75) is 19.4 Å². The van der Waals surface area contributed by atoms with Crippen LogP contribution in [0.5, 0.6) is 0 Å². The van der Waals surface area contributed by atoms with Gasteiger partial charge in [-0.15, -0.1) is 0 Å². The Morgan fingerprint density at radius 3 is 2.47 bits per heavy atom. The number of hydrogen-bond acceptors (Lipinski definition) is 3. The molecule has 5 nitrogen and oxygen atoms in total. The highest BCUT2D eigenvalue weighted by molar-refractivity contribution is 5.97. The maximum atomic E-state index is 13.1. The van der Waals surface area contributed by atoms with E-state index < -0.39 is 23.2 Å². The summed E-state index contributed by atoms with van der Waals surface area (Å²) in [5, 5.41) is 11.1. The van der Waals surface area contributed by atoms with Crippen molar-refractivity contribution in [3.05, 3.63) is 29.6 Å². The van der Waals surface area contributed by atoms with Gasteiger partial charge in [0.2, 0.25) is 0 Å². The number of carbonyl (C=O) groups is 2. The van der Waals surface area contributed by atoms with Gasteiger partial charge in [0, 0.05) is 5.56 Å². The van der Waals surface area contributed by atoms with Crippen LogP contribution in [0.4, 0.5) is 10.1 Å². The van der Waals surface area contributed by atoms with Gasteiger partial charge in [-0.1, -0.05) is 0 Å². The van der Waals surface area contributed by atoms with Crippen LogP contribution >= 0.6 is 0 Å². The third-order valence-corrected chi connectivity index (χ3v) is 2.22. The Bertz CT molecular complexity index is 472. The van der Waals surface area contributed by atoms with E-state index in [4.69, 9.17) is 10.8 Å². The van der Waals surface area contributed by atoms with E-state index in [9.17, 15) is 14.0 Å². The lowest BCUT2D eigenvalue weighted by Crippen LogP contribution is -2.49. The van der Waals surface area contributed by atoms with E-state index >= 15 is 0 Å². The molecule has 1 amide bonds. The molecule has 0 heterocycles. The number of benzene rings is 1. The molecule has 0 aliphatic rings. The zero-order valence-electron chi connectivity index (χ0n) is 9.45. The predicted octanol–water partition coefficient (Wildman–Crippen LogP) is 1.00. The van der Waals surface area contributed by atoms with Gasteiger partial charge in [0.25, 0.3) is 5.91 Å². The molecule has 0 spiro atoms. The van der Waals surface area contributed by atoms with E-state index in [2.05, 4.69) is 5.32 Å². The average molecular weight is 240 g/mol. The summed E-state index contributed by atoms with van der Waals surface area (Å²) in [5.41, 5.74) is 3.79. The second kappa shape index (κ2) is 4.40. The molecule has 0 bridgehead atoms. The van der Waals surface area contributed by atoms with Crippen LogP contribution in [0.1, 0.15) is 24.2 Å². The van der Waals surface area contributed by atoms with Crippen LogP contribution in [0.3, 0.4) is 0 Å². The minimum atomic E-state index is -1.42. The van der Waals surface area contributed by atoms with Crippen LogP contribution in [0, 0.1) is 5.82 Å². The molecule has 0 aliphatic heterocycles. The molecule has 0 fully saturated rings. The molecule has 4 N–H and O–H groups in total. The van der Waals surface area contributed by atoms with Crippen LogP contribution in [-0.4, -0.2) is 22.5 Å². The second-order valence-electron chi connectivity index (χ2n) is 4.12. The number of anilines is 1. The van der Waals surface area contributed by atoms with Gasteiger partial charge < -0.3 is 16.2 Å². The third kappa shape index (κ3) is 2.93. The Kier molecular flexibility index (Phi) is 3.36. The minimum absolute atomic E-state index is 0.0195. The first kappa shape index (κ1) is 13.0. The average Bonchev–Trinajstić information content (AvgIpc) is 2.21. The predicted molar refractivity (Wildman–Crippen MR) is 60.0 cm³/mol. The molecule has 1 aromatic carbocycles. The fourth-order valence-electron chi connectivity index (χ4n) is 1.08. The Morgan fingerprint density at radius 1 is 1.41 bits per heavy atom. The van der Waals surface area contributed by atoms with Crippen LogP contribution in [0.2, 0.25) is 0 Å². The van der Waals surface area contributed by atoms with E-state index in [1.165, 1.54) is 26.0 Å². The molecule has 0 saturated heterocycles. The summed E-state index contributed by atoms with van der Waals surface area (Å²) in [6.07, 6.45) is 0. The first-order valence-electron chi connectivity index (χ1n) is 4.85. The minimum Gasteiger partial charge on any atom is -0.480 e. The van der Waals surface area contributed by atoms with E-state index in [1.54, 1.807) is 0 Å². The second-order valence-corrected chi connectivity index (χ2v) is 4.12. The lowest BCUT2D eigenvalue weighted by molar-refractivity contribution is -0.143. The number of nitrogen functional groups attached to an aromatic ring is 1. The SMILES string of the molecule is CC(C)(NC(=O)c1ccc(N)c(F)c1)C(=O)O. The van der Waals surface area contributed by atoms with Crippen molar-refractivity contribution < 1.29 is 19.1 Å². The van der Waals surface area contributed by atoms with Crippen molar-refractivity contribution in [3.63, 3.8) is 0 Å². The number of nitrogens with two attached hydrogens (primary N) is 1. The van der Waals surface area contributed by atoms with Crippen LogP contribution in [0.25, 0.3) is 0 Å². The first-order chi connectivity index (χ1) is 7.74. The van der Waals surface area contributed by atoms with Gasteiger partial charge in [-0.3, -0.25) is 4.79 Å². The summed E-state index contributed by atoms with van der Waals surface area (Å²) in [6, 6.07) is 3.53. The van der Waals surface area contributed by atoms with Gasteiger partial charge in [0.15, 0.2) is 0 Å². The summed E-state index contributed by atoms with van der Waals surface area (Å²) in [6.45, 7) is 2.67. The quantitative estimate of drug-likeness (QED) is 0.687. The monoisotopic (exact) mass is 240 g/mol. The van der Waals surface area contributed by atoms with Gasteiger partial charge >= 0.3 is 5.97 Å². The number of carboxylic acid groups (broad SMARTS) is 1. The highest BCUT2D eigenvalue weighted by atomic mass is 19.1. The molecule has 0 atom stereocenters. The highest BCUT2D eigenvalue weighted by Gasteiger charge is 2.29. The standard InChI is InChI=1S/C11H13FN2O3/c1-11(2,10(16)17)14-9(15)6-3-4-8(13)7(12)5-6/h3-5H,13H2,1-2H3,(H,14,15)(H,16,17). The first-order valence-corrected chi connectivity index (χ1v) is 4.85. The van der Waals surface area contributed by atoms with Gasteiger partial charge in [-0.2, -0.15) is 0 Å². The smallest absolute Gasteiger partial charge is 0.328 e. The van der Waals surface area contributed by atoms with Crippen LogP contribution < -0.4 is 11.1 Å². The van der Waals surface area contributed by atoms with Gasteiger partial charge in [0.05, 0.1) is 5.69 Å². The lowest BCUT2D eigenvalue weighted by Gasteiger charge is -2.20. The van der Waals surface area contributed by atoms with Gasteiger partial charge in [0.1, 0.15) is 11.4 Å². The fraction of sp³-hybridized carbons (Fsp3) is 0.273. The van der Waals surface area contributed by atoms with Crippen molar-refractivity contribution in [3.8, 4) is 0 Å². The van der Waals surface area contributed by atoms with E-state index in [-0.39, 0.29) is 11.3 Å². The van der Waals surface area contributed by atoms with Crippen molar-refractivity contribution >= 4 is 17.6 Å². The molecule has 0 unspecified atom stereocenters. The number of rotatable bonds is 3. The summed E-state index contributed by atoms with van der Waals surface area (Å²) in [5.74, 6) is -2.57. The number of hydrogen-bond donors (Lipinski definition) is 3. The van der Waals surface area contributed by atoms with E-state index in [1.807, 2.05) is 0 Å². The Labute approximate surface area is 97.4 Å². The molecule has 0 aliphatic carbocycles. The third-order valence-electron chi connectivity index (χ3n) is 2.22. The van der Waals surface area contributed by atoms with Gasteiger partial charge in [-0.25, -0.2) is 9.18 Å². The molecular formula is C11H13FN2O3.